The van der Waals surface area contributed by atoms with E-state index in [4.69, 9.17) is 10.5 Å². The van der Waals surface area contributed by atoms with Gasteiger partial charge in [0.15, 0.2) is 11.5 Å². The number of aryl methyl sites for hydroxylation is 1. The van der Waals surface area contributed by atoms with Gasteiger partial charge >= 0.3 is 0 Å². The lowest BCUT2D eigenvalue weighted by Gasteiger charge is -2.14. The molecule has 128 valence electrons. The fraction of sp³-hybridized carbons (Fsp3) is 0.389. The Labute approximate surface area is 142 Å². The minimum absolute atomic E-state index is 0.00509. The van der Waals surface area contributed by atoms with Crippen molar-refractivity contribution in [3.63, 3.8) is 0 Å². The number of hydrogen-bond donors (Lipinski definition) is 2. The van der Waals surface area contributed by atoms with Gasteiger partial charge in [0, 0.05) is 18.4 Å². The molecule has 0 unspecified atom stereocenters. The van der Waals surface area contributed by atoms with E-state index in [-0.39, 0.29) is 29.6 Å². The van der Waals surface area contributed by atoms with Gasteiger partial charge in [0.1, 0.15) is 5.75 Å². The van der Waals surface area contributed by atoms with Crippen LogP contribution in [0.25, 0.3) is 0 Å². The summed E-state index contributed by atoms with van der Waals surface area (Å²) in [6.07, 6.45) is 4.76. The van der Waals surface area contributed by atoms with Crippen LogP contribution in [0.15, 0.2) is 36.7 Å². The number of benzene rings is 1. The molecule has 6 heteroatoms. The van der Waals surface area contributed by atoms with Crippen molar-refractivity contribution in [1.82, 2.24) is 15.3 Å². The SMILES string of the molecule is CC(C)Oc1ccc(CC[C@@H](C)NC(=O)c2nccnc2N)cc1. The normalized spacial score (nSPS) is 12.0. The van der Waals surface area contributed by atoms with E-state index in [0.717, 1.165) is 18.6 Å². The zero-order chi connectivity index (χ0) is 17.5. The summed E-state index contributed by atoms with van der Waals surface area (Å²) in [5, 5.41) is 2.90. The van der Waals surface area contributed by atoms with Crippen LogP contribution in [0, 0.1) is 0 Å². The van der Waals surface area contributed by atoms with Gasteiger partial charge in [-0.15, -0.1) is 0 Å². The maximum absolute atomic E-state index is 12.1. The number of ether oxygens (including phenoxy) is 1. The molecule has 2 aromatic rings. The van der Waals surface area contributed by atoms with Crippen LogP contribution in [0.1, 0.15) is 43.2 Å². The molecule has 0 aliphatic heterocycles. The number of rotatable bonds is 7. The van der Waals surface area contributed by atoms with Crippen molar-refractivity contribution in [3.05, 3.63) is 47.9 Å². The predicted molar refractivity (Wildman–Crippen MR) is 93.9 cm³/mol. The number of aromatic nitrogens is 2. The Morgan fingerprint density at radius 2 is 1.83 bits per heavy atom. The number of nitrogens with two attached hydrogens (primary N) is 1. The first-order chi connectivity index (χ1) is 11.5. The van der Waals surface area contributed by atoms with Gasteiger partial charge in [-0.2, -0.15) is 0 Å². The van der Waals surface area contributed by atoms with Crippen molar-refractivity contribution < 1.29 is 9.53 Å². The molecule has 0 aliphatic rings. The smallest absolute Gasteiger partial charge is 0.273 e. The summed E-state index contributed by atoms with van der Waals surface area (Å²) in [7, 11) is 0. The Bertz CT molecular complexity index is 671. The second-order valence-corrected chi connectivity index (χ2v) is 6.01. The van der Waals surface area contributed by atoms with Gasteiger partial charge in [0.2, 0.25) is 0 Å². The van der Waals surface area contributed by atoms with E-state index < -0.39 is 0 Å². The third-order valence-electron chi connectivity index (χ3n) is 3.48. The summed E-state index contributed by atoms with van der Waals surface area (Å²) in [6, 6.07) is 8.04. The van der Waals surface area contributed by atoms with Crippen molar-refractivity contribution >= 4 is 11.7 Å². The highest BCUT2D eigenvalue weighted by Gasteiger charge is 2.14. The van der Waals surface area contributed by atoms with Crippen molar-refractivity contribution in [3.8, 4) is 5.75 Å². The molecule has 1 amide bonds. The number of hydrogen-bond acceptors (Lipinski definition) is 5. The zero-order valence-electron chi connectivity index (χ0n) is 14.3. The zero-order valence-corrected chi connectivity index (χ0v) is 14.3. The topological polar surface area (TPSA) is 90.1 Å². The van der Waals surface area contributed by atoms with Gasteiger partial charge in [-0.05, 0) is 51.3 Å². The minimum Gasteiger partial charge on any atom is -0.491 e. The molecule has 0 spiro atoms. The molecule has 1 atom stereocenters. The predicted octanol–water partition coefficient (Wildman–Crippen LogP) is 2.60. The molecule has 2 rings (SSSR count). The average molecular weight is 328 g/mol. The first-order valence-electron chi connectivity index (χ1n) is 8.08. The van der Waals surface area contributed by atoms with E-state index in [9.17, 15) is 4.79 Å². The second-order valence-electron chi connectivity index (χ2n) is 6.01. The summed E-state index contributed by atoms with van der Waals surface area (Å²) >= 11 is 0. The molecule has 1 aromatic carbocycles. The summed E-state index contributed by atoms with van der Waals surface area (Å²) in [6.45, 7) is 5.96. The first kappa shape index (κ1) is 17.7. The fourth-order valence-corrected chi connectivity index (χ4v) is 2.28. The molecule has 24 heavy (non-hydrogen) atoms. The summed E-state index contributed by atoms with van der Waals surface area (Å²) in [5.74, 6) is 0.713. The Morgan fingerprint density at radius 3 is 2.46 bits per heavy atom. The minimum atomic E-state index is -0.297. The van der Waals surface area contributed by atoms with Crippen LogP contribution in [-0.2, 0) is 6.42 Å². The number of carbonyl (C=O) groups excluding carboxylic acids is 1. The van der Waals surface area contributed by atoms with Gasteiger partial charge in [-0.1, -0.05) is 12.1 Å². The molecular formula is C18H24N4O2. The van der Waals surface area contributed by atoms with Gasteiger partial charge in [-0.25, -0.2) is 9.97 Å². The quantitative estimate of drug-likeness (QED) is 0.815. The highest BCUT2D eigenvalue weighted by molar-refractivity contribution is 5.96. The van der Waals surface area contributed by atoms with Gasteiger partial charge in [0.05, 0.1) is 6.10 Å². The van der Waals surface area contributed by atoms with Crippen molar-refractivity contribution in [2.75, 3.05) is 5.73 Å². The number of carbonyl (C=O) groups is 1. The molecule has 0 saturated carbocycles. The lowest BCUT2D eigenvalue weighted by molar-refractivity contribution is 0.0934. The molecule has 0 aliphatic carbocycles. The largest absolute Gasteiger partial charge is 0.491 e. The number of nitrogen functional groups attached to an aromatic ring is 1. The monoisotopic (exact) mass is 328 g/mol. The molecule has 0 radical (unpaired) electrons. The maximum atomic E-state index is 12.1. The van der Waals surface area contributed by atoms with E-state index in [1.54, 1.807) is 0 Å². The highest BCUT2D eigenvalue weighted by atomic mass is 16.5. The molecule has 0 fully saturated rings. The van der Waals surface area contributed by atoms with Crippen LogP contribution in [0.5, 0.6) is 5.75 Å². The van der Waals surface area contributed by atoms with Gasteiger partial charge < -0.3 is 15.8 Å². The fourth-order valence-electron chi connectivity index (χ4n) is 2.28. The van der Waals surface area contributed by atoms with Gasteiger partial charge in [-0.3, -0.25) is 4.79 Å². The molecule has 6 nitrogen and oxygen atoms in total. The highest BCUT2D eigenvalue weighted by Crippen LogP contribution is 2.15. The lowest BCUT2D eigenvalue weighted by Crippen LogP contribution is -2.34. The van der Waals surface area contributed by atoms with Gasteiger partial charge in [0.25, 0.3) is 5.91 Å². The van der Waals surface area contributed by atoms with E-state index in [1.165, 1.54) is 18.0 Å². The van der Waals surface area contributed by atoms with E-state index in [1.807, 2.05) is 45.0 Å². The van der Waals surface area contributed by atoms with Crippen molar-refractivity contribution in [1.29, 1.82) is 0 Å². The van der Waals surface area contributed by atoms with Crippen LogP contribution < -0.4 is 15.8 Å². The van der Waals surface area contributed by atoms with Crippen LogP contribution >= 0.6 is 0 Å². The molecule has 0 saturated heterocycles. The summed E-state index contributed by atoms with van der Waals surface area (Å²) in [4.78, 5) is 20.0. The first-order valence-corrected chi connectivity index (χ1v) is 8.08. The molecule has 3 N–H and O–H groups in total. The molecule has 1 aromatic heterocycles. The Hall–Kier alpha value is -2.63. The number of amides is 1. The molecular weight excluding hydrogens is 304 g/mol. The van der Waals surface area contributed by atoms with Crippen LogP contribution in [0.2, 0.25) is 0 Å². The number of nitrogens with one attached hydrogen (secondary N) is 1. The van der Waals surface area contributed by atoms with Crippen molar-refractivity contribution in [2.45, 2.75) is 45.8 Å². The molecule has 1 heterocycles. The average Bonchev–Trinajstić information content (AvgIpc) is 2.54. The Kier molecular flexibility index (Phi) is 6.12. The molecule has 0 bridgehead atoms. The van der Waals surface area contributed by atoms with E-state index >= 15 is 0 Å². The van der Waals surface area contributed by atoms with Crippen LogP contribution in [-0.4, -0.2) is 28.0 Å². The van der Waals surface area contributed by atoms with Crippen molar-refractivity contribution in [2.24, 2.45) is 0 Å². The summed E-state index contributed by atoms with van der Waals surface area (Å²) < 4.78 is 5.63. The standard InChI is InChI=1S/C18H24N4O2/c1-12(2)24-15-8-6-14(7-9-15)5-4-13(3)22-18(23)16-17(19)21-11-10-20-16/h6-13H,4-5H2,1-3H3,(H2,19,21)(H,22,23)/t13-/m1/s1. The van der Waals surface area contributed by atoms with E-state index in [0.29, 0.717) is 0 Å². The third-order valence-corrected chi connectivity index (χ3v) is 3.48. The van der Waals surface area contributed by atoms with Crippen LogP contribution in [0.4, 0.5) is 5.82 Å². The Morgan fingerprint density at radius 1 is 1.17 bits per heavy atom. The lowest BCUT2D eigenvalue weighted by atomic mass is 10.1. The third kappa shape index (κ3) is 5.22. The second kappa shape index (κ2) is 8.29. The Balaban J connectivity index is 1.83. The van der Waals surface area contributed by atoms with Crippen LogP contribution in [0.3, 0.4) is 0 Å². The summed E-state index contributed by atoms with van der Waals surface area (Å²) in [5.41, 5.74) is 7.03. The number of nitrogens with zero attached hydrogens (tertiary/aromatic N) is 2. The number of anilines is 1. The van der Waals surface area contributed by atoms with E-state index in [2.05, 4.69) is 15.3 Å². The maximum Gasteiger partial charge on any atom is 0.273 e.